The second kappa shape index (κ2) is 8.57. The van der Waals surface area contributed by atoms with Crippen molar-refractivity contribution < 1.29 is 24.2 Å². The van der Waals surface area contributed by atoms with Gasteiger partial charge in [0.2, 0.25) is 5.91 Å². The number of carbonyl (C=O) groups excluding carboxylic acids is 1. The molecule has 1 aliphatic carbocycles. The number of rotatable bonds is 7. The van der Waals surface area contributed by atoms with Crippen LogP contribution in [0, 0.1) is 5.92 Å². The molecule has 1 fully saturated rings. The first-order valence-corrected chi connectivity index (χ1v) is 8.29. The molecular formula is C18H25NO5. The minimum absolute atomic E-state index is 0.0284. The Balaban J connectivity index is 2.21. The lowest BCUT2D eigenvalue weighted by atomic mass is 9.88. The molecule has 132 valence electrons. The summed E-state index contributed by atoms with van der Waals surface area (Å²) in [6, 6.07) is 4.54. The van der Waals surface area contributed by atoms with Crippen LogP contribution in [0.25, 0.3) is 0 Å². The highest BCUT2D eigenvalue weighted by Crippen LogP contribution is 2.32. The summed E-state index contributed by atoms with van der Waals surface area (Å²) in [7, 11) is 3.06. The van der Waals surface area contributed by atoms with Gasteiger partial charge in [0, 0.05) is 17.5 Å². The number of carboxylic acids is 1. The van der Waals surface area contributed by atoms with Gasteiger partial charge in [-0.05, 0) is 25.0 Å². The van der Waals surface area contributed by atoms with Crippen molar-refractivity contribution in [2.45, 2.75) is 44.6 Å². The molecule has 0 bridgehead atoms. The Morgan fingerprint density at radius 1 is 1.21 bits per heavy atom. The van der Waals surface area contributed by atoms with Gasteiger partial charge in [-0.3, -0.25) is 9.59 Å². The Morgan fingerprint density at radius 3 is 2.50 bits per heavy atom. The average Bonchev–Trinajstić information content (AvgIpc) is 2.60. The van der Waals surface area contributed by atoms with Crippen molar-refractivity contribution in [3.8, 4) is 11.5 Å². The Morgan fingerprint density at radius 2 is 1.92 bits per heavy atom. The van der Waals surface area contributed by atoms with Gasteiger partial charge < -0.3 is 19.9 Å². The molecule has 0 heterocycles. The van der Waals surface area contributed by atoms with Crippen LogP contribution < -0.4 is 14.8 Å². The molecule has 1 atom stereocenters. The van der Waals surface area contributed by atoms with E-state index in [0.717, 1.165) is 32.1 Å². The lowest BCUT2D eigenvalue weighted by molar-refractivity contribution is -0.138. The number of methoxy groups -OCH3 is 2. The van der Waals surface area contributed by atoms with Crippen molar-refractivity contribution in [1.29, 1.82) is 0 Å². The van der Waals surface area contributed by atoms with Gasteiger partial charge in [-0.2, -0.15) is 0 Å². The van der Waals surface area contributed by atoms with E-state index in [2.05, 4.69) is 5.32 Å². The highest BCUT2D eigenvalue weighted by molar-refractivity contribution is 5.80. The van der Waals surface area contributed by atoms with Gasteiger partial charge in [-0.25, -0.2) is 0 Å². The van der Waals surface area contributed by atoms with E-state index in [9.17, 15) is 14.7 Å². The third-order valence-corrected chi connectivity index (χ3v) is 4.49. The fourth-order valence-corrected chi connectivity index (χ4v) is 3.17. The maximum atomic E-state index is 12.5. The standard InChI is InChI=1S/C18H25NO5/c1-23-13-8-9-14(16(10-13)24-2)15(11-17(20)21)19-18(22)12-6-4-3-5-7-12/h8-10,12,15H,3-7,11H2,1-2H3,(H,19,22)(H,20,21). The van der Waals surface area contributed by atoms with Crippen molar-refractivity contribution in [3.63, 3.8) is 0 Å². The molecule has 1 amide bonds. The summed E-state index contributed by atoms with van der Waals surface area (Å²) in [4.78, 5) is 23.8. The predicted octanol–water partition coefficient (Wildman–Crippen LogP) is 2.92. The minimum Gasteiger partial charge on any atom is -0.497 e. The molecule has 6 nitrogen and oxygen atoms in total. The van der Waals surface area contributed by atoms with Gasteiger partial charge in [0.25, 0.3) is 0 Å². The van der Waals surface area contributed by atoms with Crippen LogP contribution in [-0.2, 0) is 9.59 Å². The molecule has 1 aliphatic rings. The Bertz CT molecular complexity index is 581. The van der Waals surface area contributed by atoms with E-state index < -0.39 is 12.0 Å². The van der Waals surface area contributed by atoms with Crippen LogP contribution in [0.3, 0.4) is 0 Å². The molecule has 1 saturated carbocycles. The van der Waals surface area contributed by atoms with E-state index >= 15 is 0 Å². The van der Waals surface area contributed by atoms with Crippen LogP contribution in [0.15, 0.2) is 18.2 Å². The first kappa shape index (κ1) is 18.1. The van der Waals surface area contributed by atoms with Gasteiger partial charge in [0.1, 0.15) is 11.5 Å². The normalized spacial score (nSPS) is 16.2. The topological polar surface area (TPSA) is 84.9 Å². The van der Waals surface area contributed by atoms with Crippen molar-refractivity contribution in [1.82, 2.24) is 5.32 Å². The Labute approximate surface area is 142 Å². The average molecular weight is 335 g/mol. The number of nitrogens with one attached hydrogen (secondary N) is 1. The van der Waals surface area contributed by atoms with Crippen molar-refractivity contribution >= 4 is 11.9 Å². The summed E-state index contributed by atoms with van der Waals surface area (Å²) in [6.45, 7) is 0. The smallest absolute Gasteiger partial charge is 0.305 e. The molecule has 0 spiro atoms. The van der Waals surface area contributed by atoms with E-state index in [0.29, 0.717) is 17.1 Å². The number of benzene rings is 1. The van der Waals surface area contributed by atoms with Crippen LogP contribution in [-0.4, -0.2) is 31.2 Å². The van der Waals surface area contributed by atoms with Crippen LogP contribution >= 0.6 is 0 Å². The predicted molar refractivity (Wildman–Crippen MR) is 89.3 cm³/mol. The van der Waals surface area contributed by atoms with Gasteiger partial charge in [-0.1, -0.05) is 19.3 Å². The zero-order valence-electron chi connectivity index (χ0n) is 14.2. The quantitative estimate of drug-likeness (QED) is 0.800. The number of hydrogen-bond acceptors (Lipinski definition) is 4. The molecule has 1 aromatic carbocycles. The summed E-state index contributed by atoms with van der Waals surface area (Å²) in [5, 5.41) is 12.1. The monoisotopic (exact) mass is 335 g/mol. The molecule has 0 aromatic heterocycles. The van der Waals surface area contributed by atoms with Crippen LogP contribution in [0.5, 0.6) is 11.5 Å². The lowest BCUT2D eigenvalue weighted by Gasteiger charge is -2.25. The SMILES string of the molecule is COc1ccc(C(CC(=O)O)NC(=O)C2CCCCC2)c(OC)c1. The molecule has 6 heteroatoms. The summed E-state index contributed by atoms with van der Waals surface area (Å²) < 4.78 is 10.5. The first-order chi connectivity index (χ1) is 11.5. The summed E-state index contributed by atoms with van der Waals surface area (Å²) in [5.41, 5.74) is 0.643. The number of amides is 1. The van der Waals surface area contributed by atoms with Crippen LogP contribution in [0.1, 0.15) is 50.1 Å². The Hall–Kier alpha value is -2.24. The first-order valence-electron chi connectivity index (χ1n) is 8.29. The minimum atomic E-state index is -0.971. The van der Waals surface area contributed by atoms with Gasteiger partial charge in [-0.15, -0.1) is 0 Å². The highest BCUT2D eigenvalue weighted by atomic mass is 16.5. The summed E-state index contributed by atoms with van der Waals surface area (Å²) in [6.07, 6.45) is 4.80. The second-order valence-corrected chi connectivity index (χ2v) is 6.10. The third kappa shape index (κ3) is 4.63. The van der Waals surface area contributed by atoms with E-state index in [1.165, 1.54) is 7.11 Å². The van der Waals surface area contributed by atoms with Gasteiger partial charge >= 0.3 is 5.97 Å². The largest absolute Gasteiger partial charge is 0.497 e. The Kier molecular flexibility index (Phi) is 6.46. The lowest BCUT2D eigenvalue weighted by Crippen LogP contribution is -2.36. The summed E-state index contributed by atoms with van der Waals surface area (Å²) in [5.74, 6) is 0.0488. The third-order valence-electron chi connectivity index (χ3n) is 4.49. The number of aliphatic carboxylic acids is 1. The fraction of sp³-hybridized carbons (Fsp3) is 0.556. The number of hydrogen-bond donors (Lipinski definition) is 2. The maximum Gasteiger partial charge on any atom is 0.305 e. The molecule has 2 rings (SSSR count). The maximum absolute atomic E-state index is 12.5. The molecular weight excluding hydrogens is 310 g/mol. The molecule has 0 aliphatic heterocycles. The molecule has 0 radical (unpaired) electrons. The second-order valence-electron chi connectivity index (χ2n) is 6.10. The summed E-state index contributed by atoms with van der Waals surface area (Å²) >= 11 is 0. The van der Waals surface area contributed by atoms with Crippen LogP contribution in [0.4, 0.5) is 0 Å². The van der Waals surface area contributed by atoms with Gasteiger partial charge in [0.05, 0.1) is 26.7 Å². The molecule has 24 heavy (non-hydrogen) atoms. The number of carboxylic acid groups (broad SMARTS) is 1. The van der Waals surface area contributed by atoms with E-state index in [1.54, 1.807) is 25.3 Å². The van der Waals surface area contributed by atoms with Crippen molar-refractivity contribution in [3.05, 3.63) is 23.8 Å². The fourth-order valence-electron chi connectivity index (χ4n) is 3.17. The zero-order chi connectivity index (χ0) is 17.5. The van der Waals surface area contributed by atoms with Gasteiger partial charge in [0.15, 0.2) is 0 Å². The number of carbonyl (C=O) groups is 2. The highest BCUT2D eigenvalue weighted by Gasteiger charge is 2.27. The molecule has 1 aromatic rings. The van der Waals surface area contributed by atoms with E-state index in [1.807, 2.05) is 0 Å². The van der Waals surface area contributed by atoms with Crippen molar-refractivity contribution in [2.24, 2.45) is 5.92 Å². The number of ether oxygens (including phenoxy) is 2. The van der Waals surface area contributed by atoms with E-state index in [4.69, 9.17) is 9.47 Å². The zero-order valence-corrected chi connectivity index (χ0v) is 14.2. The molecule has 0 saturated heterocycles. The molecule has 2 N–H and O–H groups in total. The van der Waals surface area contributed by atoms with E-state index in [-0.39, 0.29) is 18.2 Å². The van der Waals surface area contributed by atoms with Crippen LogP contribution in [0.2, 0.25) is 0 Å². The molecule has 1 unspecified atom stereocenters. The van der Waals surface area contributed by atoms with Crippen molar-refractivity contribution in [2.75, 3.05) is 14.2 Å².